The number of nitriles is 1. The highest BCUT2D eigenvalue weighted by molar-refractivity contribution is 5.52. The van der Waals surface area contributed by atoms with E-state index in [1.807, 2.05) is 0 Å². The lowest BCUT2D eigenvalue weighted by Gasteiger charge is -2.21. The minimum Gasteiger partial charge on any atom is -0.353 e. The first-order chi connectivity index (χ1) is 7.81. The van der Waals surface area contributed by atoms with Crippen LogP contribution in [0.15, 0.2) is 12.3 Å². The van der Waals surface area contributed by atoms with Gasteiger partial charge in [0, 0.05) is 19.6 Å². The molecule has 1 saturated heterocycles. The van der Waals surface area contributed by atoms with Crippen molar-refractivity contribution in [2.75, 3.05) is 38.1 Å². The van der Waals surface area contributed by atoms with Gasteiger partial charge in [-0.1, -0.05) is 0 Å². The highest BCUT2D eigenvalue weighted by Gasteiger charge is 2.16. The van der Waals surface area contributed by atoms with Crippen molar-refractivity contribution in [3.05, 3.63) is 17.8 Å². The molecule has 1 fully saturated rings. The summed E-state index contributed by atoms with van der Waals surface area (Å²) in [6.45, 7) is 3.95. The van der Waals surface area contributed by atoms with Crippen LogP contribution >= 0.6 is 0 Å². The van der Waals surface area contributed by atoms with Crippen molar-refractivity contribution in [1.29, 1.82) is 5.26 Å². The number of likely N-dealkylation sites (N-methyl/N-ethyl adjacent to an activating group) is 1. The van der Waals surface area contributed by atoms with Crippen LogP contribution in [0.5, 0.6) is 0 Å². The van der Waals surface area contributed by atoms with Crippen molar-refractivity contribution >= 4 is 5.82 Å². The summed E-state index contributed by atoms with van der Waals surface area (Å²) >= 11 is 0. The number of hydrogen-bond acceptors (Lipinski definition) is 5. The Morgan fingerprint density at radius 3 is 3.00 bits per heavy atom. The van der Waals surface area contributed by atoms with Crippen LogP contribution in [0.2, 0.25) is 0 Å². The third-order valence-electron chi connectivity index (χ3n) is 2.84. The summed E-state index contributed by atoms with van der Waals surface area (Å²) in [7, 11) is 2.12. The SMILES string of the molecule is CN1CCCN(c2nnccc2C#N)CC1. The van der Waals surface area contributed by atoms with Gasteiger partial charge in [-0.15, -0.1) is 5.10 Å². The maximum atomic E-state index is 9.02. The van der Waals surface area contributed by atoms with Crippen LogP contribution < -0.4 is 4.90 Å². The monoisotopic (exact) mass is 217 g/mol. The molecule has 2 rings (SSSR count). The van der Waals surface area contributed by atoms with Crippen LogP contribution in [-0.4, -0.2) is 48.3 Å². The predicted octanol–water partition coefficient (Wildman–Crippen LogP) is 0.490. The van der Waals surface area contributed by atoms with Gasteiger partial charge < -0.3 is 9.80 Å². The maximum absolute atomic E-state index is 9.02. The molecule has 0 radical (unpaired) electrons. The Hall–Kier alpha value is -1.67. The number of hydrogen-bond donors (Lipinski definition) is 0. The zero-order valence-corrected chi connectivity index (χ0v) is 9.43. The molecule has 0 amide bonds. The quantitative estimate of drug-likeness (QED) is 0.685. The Morgan fingerprint density at radius 2 is 2.19 bits per heavy atom. The first kappa shape index (κ1) is 10.8. The van der Waals surface area contributed by atoms with Crippen LogP contribution in [0.4, 0.5) is 5.82 Å². The van der Waals surface area contributed by atoms with Gasteiger partial charge in [-0.05, 0) is 26.1 Å². The Kier molecular flexibility index (Phi) is 3.32. The molecule has 1 aromatic heterocycles. The maximum Gasteiger partial charge on any atom is 0.169 e. The molecular formula is C11H15N5. The van der Waals surface area contributed by atoms with Crippen molar-refractivity contribution < 1.29 is 0 Å². The minimum atomic E-state index is 0.611. The van der Waals surface area contributed by atoms with E-state index in [2.05, 4.69) is 33.1 Å². The fraction of sp³-hybridized carbons (Fsp3) is 0.545. The van der Waals surface area contributed by atoms with E-state index >= 15 is 0 Å². The summed E-state index contributed by atoms with van der Waals surface area (Å²) in [6, 6.07) is 3.89. The normalized spacial score (nSPS) is 17.9. The molecule has 0 bridgehead atoms. The topological polar surface area (TPSA) is 56.1 Å². The summed E-state index contributed by atoms with van der Waals surface area (Å²) in [5, 5.41) is 17.0. The van der Waals surface area contributed by atoms with E-state index in [4.69, 9.17) is 5.26 Å². The average molecular weight is 217 g/mol. The molecule has 0 unspecified atom stereocenters. The van der Waals surface area contributed by atoms with E-state index in [1.54, 1.807) is 12.3 Å². The van der Waals surface area contributed by atoms with Gasteiger partial charge in [-0.2, -0.15) is 10.4 Å². The Bertz CT molecular complexity index is 398. The van der Waals surface area contributed by atoms with Crippen LogP contribution in [0.1, 0.15) is 12.0 Å². The van der Waals surface area contributed by atoms with E-state index in [0.717, 1.165) is 38.4 Å². The molecule has 0 spiro atoms. The van der Waals surface area contributed by atoms with Gasteiger partial charge in [0.05, 0.1) is 11.8 Å². The van der Waals surface area contributed by atoms with Gasteiger partial charge in [0.15, 0.2) is 5.82 Å². The first-order valence-corrected chi connectivity index (χ1v) is 5.46. The molecule has 1 aliphatic rings. The van der Waals surface area contributed by atoms with Gasteiger partial charge in [0.25, 0.3) is 0 Å². The number of anilines is 1. The van der Waals surface area contributed by atoms with Gasteiger partial charge in [-0.3, -0.25) is 0 Å². The molecule has 1 aromatic rings. The van der Waals surface area contributed by atoms with Crippen LogP contribution in [-0.2, 0) is 0 Å². The van der Waals surface area contributed by atoms with E-state index in [1.165, 1.54) is 0 Å². The van der Waals surface area contributed by atoms with E-state index in [9.17, 15) is 0 Å². The number of nitrogens with zero attached hydrogens (tertiary/aromatic N) is 5. The molecule has 0 saturated carbocycles. The summed E-state index contributed by atoms with van der Waals surface area (Å²) < 4.78 is 0. The van der Waals surface area contributed by atoms with Crippen molar-refractivity contribution in [2.24, 2.45) is 0 Å². The molecule has 1 aliphatic heterocycles. The molecule has 0 aromatic carbocycles. The zero-order chi connectivity index (χ0) is 11.4. The Balaban J connectivity index is 2.20. The van der Waals surface area contributed by atoms with Gasteiger partial charge in [0.2, 0.25) is 0 Å². The number of rotatable bonds is 1. The fourth-order valence-electron chi connectivity index (χ4n) is 1.90. The zero-order valence-electron chi connectivity index (χ0n) is 9.43. The van der Waals surface area contributed by atoms with Gasteiger partial charge in [-0.25, -0.2) is 0 Å². The Labute approximate surface area is 95.3 Å². The van der Waals surface area contributed by atoms with Crippen molar-refractivity contribution in [3.63, 3.8) is 0 Å². The highest BCUT2D eigenvalue weighted by Crippen LogP contribution is 2.16. The third-order valence-corrected chi connectivity index (χ3v) is 2.84. The second-order valence-electron chi connectivity index (χ2n) is 4.02. The standard InChI is InChI=1S/C11H15N5/c1-15-5-2-6-16(8-7-15)11-10(9-12)3-4-13-14-11/h3-4H,2,5-8H2,1H3. The molecular weight excluding hydrogens is 202 g/mol. The van der Waals surface area contributed by atoms with Crippen molar-refractivity contribution in [2.45, 2.75) is 6.42 Å². The molecule has 0 N–H and O–H groups in total. The van der Waals surface area contributed by atoms with Crippen LogP contribution in [0.3, 0.4) is 0 Å². The van der Waals surface area contributed by atoms with E-state index < -0.39 is 0 Å². The lowest BCUT2D eigenvalue weighted by atomic mass is 10.2. The lowest BCUT2D eigenvalue weighted by Crippen LogP contribution is -2.30. The number of aromatic nitrogens is 2. The molecule has 0 atom stereocenters. The molecule has 84 valence electrons. The van der Waals surface area contributed by atoms with Gasteiger partial charge in [0.1, 0.15) is 6.07 Å². The molecule has 5 nitrogen and oxygen atoms in total. The van der Waals surface area contributed by atoms with Gasteiger partial charge >= 0.3 is 0 Å². The van der Waals surface area contributed by atoms with Crippen molar-refractivity contribution in [1.82, 2.24) is 15.1 Å². The van der Waals surface area contributed by atoms with Crippen LogP contribution in [0, 0.1) is 11.3 Å². The second kappa shape index (κ2) is 4.90. The Morgan fingerprint density at radius 1 is 1.31 bits per heavy atom. The predicted molar refractivity (Wildman–Crippen MR) is 61.1 cm³/mol. The average Bonchev–Trinajstić information content (AvgIpc) is 2.54. The third kappa shape index (κ3) is 2.28. The summed E-state index contributed by atoms with van der Waals surface area (Å²) in [6.07, 6.45) is 2.66. The highest BCUT2D eigenvalue weighted by atomic mass is 15.3. The largest absolute Gasteiger partial charge is 0.353 e. The smallest absolute Gasteiger partial charge is 0.169 e. The van der Waals surface area contributed by atoms with E-state index in [-0.39, 0.29) is 0 Å². The minimum absolute atomic E-state index is 0.611. The lowest BCUT2D eigenvalue weighted by molar-refractivity contribution is 0.360. The summed E-state index contributed by atoms with van der Waals surface area (Å²) in [5.74, 6) is 0.723. The summed E-state index contributed by atoms with van der Waals surface area (Å²) in [4.78, 5) is 4.44. The van der Waals surface area contributed by atoms with Crippen LogP contribution in [0.25, 0.3) is 0 Å². The first-order valence-electron chi connectivity index (χ1n) is 5.46. The summed E-state index contributed by atoms with van der Waals surface area (Å²) in [5.41, 5.74) is 0.611. The molecule has 0 aliphatic carbocycles. The molecule has 2 heterocycles. The fourth-order valence-corrected chi connectivity index (χ4v) is 1.90. The molecule has 16 heavy (non-hydrogen) atoms. The van der Waals surface area contributed by atoms with Crippen molar-refractivity contribution in [3.8, 4) is 6.07 Å². The second-order valence-corrected chi connectivity index (χ2v) is 4.02. The van der Waals surface area contributed by atoms with E-state index in [0.29, 0.717) is 5.56 Å². The molecule has 5 heteroatoms.